The van der Waals surface area contributed by atoms with Crippen molar-refractivity contribution in [3.05, 3.63) is 0 Å². The molecule has 0 aromatic carbocycles. The lowest BCUT2D eigenvalue weighted by Gasteiger charge is -2.36. The van der Waals surface area contributed by atoms with E-state index >= 15 is 0 Å². The Morgan fingerprint density at radius 3 is 2.79 bits per heavy atom. The van der Waals surface area contributed by atoms with Gasteiger partial charge in [0, 0.05) is 18.3 Å². The molecule has 4 heteroatoms. The largest absolute Gasteiger partial charge is 0.550 e. The number of ether oxygens (including phenoxy) is 1. The predicted molar refractivity (Wildman–Crippen MR) is 44.9 cm³/mol. The molecular weight excluding hydrogens is 184 g/mol. The van der Waals surface area contributed by atoms with Crippen LogP contribution < -0.4 is 5.11 Å². The first-order chi connectivity index (χ1) is 6.43. The Hall–Kier alpha value is -1.06. The minimum absolute atomic E-state index is 0.0461. The van der Waals surface area contributed by atoms with Gasteiger partial charge in [0.1, 0.15) is 5.60 Å². The van der Waals surface area contributed by atoms with E-state index in [0.717, 1.165) is 0 Å². The number of rotatable bonds is 1. The van der Waals surface area contributed by atoms with E-state index < -0.39 is 23.4 Å². The highest BCUT2D eigenvalue weighted by Gasteiger charge is 2.53. The van der Waals surface area contributed by atoms with Gasteiger partial charge in [0.25, 0.3) is 0 Å². The number of hydrogen-bond acceptors (Lipinski definition) is 4. The van der Waals surface area contributed by atoms with Gasteiger partial charge in [-0.15, -0.1) is 0 Å². The average Bonchev–Trinajstić information content (AvgIpc) is 2.21. The van der Waals surface area contributed by atoms with Crippen molar-refractivity contribution in [1.29, 1.82) is 0 Å². The second kappa shape index (κ2) is 2.72. The highest BCUT2D eigenvalue weighted by atomic mass is 16.6. The summed E-state index contributed by atoms with van der Waals surface area (Å²) in [6, 6.07) is 0. The van der Waals surface area contributed by atoms with Crippen molar-refractivity contribution in [2.24, 2.45) is 17.8 Å². The molecular formula is C10H13O4-. The van der Waals surface area contributed by atoms with Crippen molar-refractivity contribution >= 4 is 11.9 Å². The third kappa shape index (κ3) is 1.21. The lowest BCUT2D eigenvalue weighted by molar-refractivity contribution is -0.315. The summed E-state index contributed by atoms with van der Waals surface area (Å²) in [4.78, 5) is 22.3. The Morgan fingerprint density at radius 2 is 2.21 bits per heavy atom. The van der Waals surface area contributed by atoms with Gasteiger partial charge >= 0.3 is 5.97 Å². The molecule has 4 atom stereocenters. The zero-order valence-corrected chi connectivity index (χ0v) is 8.28. The zero-order valence-electron chi connectivity index (χ0n) is 8.28. The number of carboxylic acids is 1. The zero-order chi connectivity index (χ0) is 10.5. The van der Waals surface area contributed by atoms with Crippen LogP contribution in [0.15, 0.2) is 0 Å². The molecule has 2 aliphatic rings. The molecule has 0 amide bonds. The average molecular weight is 197 g/mol. The number of carboxylic acid groups (broad SMARTS) is 1. The van der Waals surface area contributed by atoms with E-state index in [1.807, 2.05) is 13.8 Å². The standard InChI is InChI=1S/C10H14O4/c1-5-3-10(2)4-6(9(13)14-10)7(5)8(11)12/h5-7H,3-4H2,1-2H3,(H,11,12)/p-1/t5-,6-,7+,10-/m0/s1. The van der Waals surface area contributed by atoms with Gasteiger partial charge in [-0.2, -0.15) is 0 Å². The molecule has 1 heterocycles. The van der Waals surface area contributed by atoms with Crippen LogP contribution in [0.5, 0.6) is 0 Å². The van der Waals surface area contributed by atoms with E-state index in [9.17, 15) is 14.7 Å². The Balaban J connectivity index is 2.31. The maximum absolute atomic E-state index is 11.4. The first kappa shape index (κ1) is 9.49. The van der Waals surface area contributed by atoms with Crippen LogP contribution in [-0.2, 0) is 14.3 Å². The van der Waals surface area contributed by atoms with Crippen LogP contribution in [0.1, 0.15) is 26.7 Å². The maximum atomic E-state index is 11.4. The lowest BCUT2D eigenvalue weighted by Crippen LogP contribution is -2.45. The Kier molecular flexibility index (Phi) is 1.84. The van der Waals surface area contributed by atoms with E-state index in [1.165, 1.54) is 0 Å². The summed E-state index contributed by atoms with van der Waals surface area (Å²) in [5, 5.41) is 10.9. The third-order valence-electron chi connectivity index (χ3n) is 3.37. The van der Waals surface area contributed by atoms with Crippen molar-refractivity contribution in [2.75, 3.05) is 0 Å². The molecule has 1 saturated heterocycles. The quantitative estimate of drug-likeness (QED) is 0.542. The summed E-state index contributed by atoms with van der Waals surface area (Å²) in [5.74, 6) is -2.70. The molecule has 1 saturated carbocycles. The molecule has 2 rings (SSSR count). The highest BCUT2D eigenvalue weighted by molar-refractivity contribution is 5.83. The van der Waals surface area contributed by atoms with E-state index in [4.69, 9.17) is 4.74 Å². The SMILES string of the molecule is C[C@H]1C[C@@]2(C)C[C@H](C(=O)O2)[C@@H]1C(=O)[O-]. The normalized spacial score (nSPS) is 46.1. The fourth-order valence-electron chi connectivity index (χ4n) is 2.91. The molecule has 0 N–H and O–H groups in total. The number of esters is 1. The van der Waals surface area contributed by atoms with Crippen molar-refractivity contribution in [1.82, 2.24) is 0 Å². The Morgan fingerprint density at radius 1 is 1.57 bits per heavy atom. The molecule has 2 bridgehead atoms. The third-order valence-corrected chi connectivity index (χ3v) is 3.37. The summed E-state index contributed by atoms with van der Waals surface area (Å²) in [5.41, 5.74) is -0.437. The molecule has 2 fully saturated rings. The van der Waals surface area contributed by atoms with Crippen LogP contribution in [-0.4, -0.2) is 17.5 Å². The molecule has 1 aliphatic heterocycles. The number of carbonyl (C=O) groups excluding carboxylic acids is 2. The highest BCUT2D eigenvalue weighted by Crippen LogP contribution is 2.47. The summed E-state index contributed by atoms with van der Waals surface area (Å²) < 4.78 is 5.19. The number of hydrogen-bond donors (Lipinski definition) is 0. The molecule has 0 spiro atoms. The second-order valence-corrected chi connectivity index (χ2v) is 4.71. The van der Waals surface area contributed by atoms with Gasteiger partial charge in [0.15, 0.2) is 0 Å². The van der Waals surface area contributed by atoms with Crippen molar-refractivity contribution in [3.63, 3.8) is 0 Å². The first-order valence-corrected chi connectivity index (χ1v) is 4.87. The summed E-state index contributed by atoms with van der Waals surface area (Å²) >= 11 is 0. The van der Waals surface area contributed by atoms with Crippen LogP contribution in [0.3, 0.4) is 0 Å². The lowest BCUT2D eigenvalue weighted by atomic mass is 9.69. The molecule has 0 aromatic rings. The topological polar surface area (TPSA) is 66.4 Å². The summed E-state index contributed by atoms with van der Waals surface area (Å²) in [6.45, 7) is 3.71. The van der Waals surface area contributed by atoms with Gasteiger partial charge in [-0.05, 0) is 19.3 Å². The molecule has 0 radical (unpaired) electrons. The fourth-order valence-corrected chi connectivity index (χ4v) is 2.91. The van der Waals surface area contributed by atoms with Crippen molar-refractivity contribution in [3.8, 4) is 0 Å². The molecule has 0 unspecified atom stereocenters. The van der Waals surface area contributed by atoms with Gasteiger partial charge in [0.2, 0.25) is 0 Å². The van der Waals surface area contributed by atoms with Gasteiger partial charge < -0.3 is 14.6 Å². The maximum Gasteiger partial charge on any atom is 0.310 e. The Labute approximate surface area is 82.2 Å². The molecule has 14 heavy (non-hydrogen) atoms. The van der Waals surface area contributed by atoms with Crippen LogP contribution in [0.25, 0.3) is 0 Å². The number of fused-ring (bicyclic) bond motifs is 2. The smallest absolute Gasteiger partial charge is 0.310 e. The molecule has 78 valence electrons. The molecule has 1 aliphatic carbocycles. The van der Waals surface area contributed by atoms with Crippen LogP contribution >= 0.6 is 0 Å². The Bertz CT molecular complexity index is 298. The first-order valence-electron chi connectivity index (χ1n) is 4.87. The predicted octanol–water partition coefficient (Wildman–Crippen LogP) is -0.286. The van der Waals surface area contributed by atoms with Crippen LogP contribution in [0.2, 0.25) is 0 Å². The second-order valence-electron chi connectivity index (χ2n) is 4.71. The van der Waals surface area contributed by atoms with Crippen LogP contribution in [0.4, 0.5) is 0 Å². The summed E-state index contributed by atoms with van der Waals surface area (Å²) in [6.07, 6.45) is 1.14. The summed E-state index contributed by atoms with van der Waals surface area (Å²) in [7, 11) is 0. The van der Waals surface area contributed by atoms with Crippen molar-refractivity contribution < 1.29 is 19.4 Å². The van der Waals surface area contributed by atoms with Gasteiger partial charge in [-0.25, -0.2) is 0 Å². The molecule has 4 nitrogen and oxygen atoms in total. The minimum Gasteiger partial charge on any atom is -0.550 e. The number of aliphatic carboxylic acids is 1. The van der Waals surface area contributed by atoms with E-state index in [0.29, 0.717) is 12.8 Å². The number of carbonyl (C=O) groups is 2. The van der Waals surface area contributed by atoms with Gasteiger partial charge in [0.05, 0.1) is 5.92 Å². The van der Waals surface area contributed by atoms with Gasteiger partial charge in [-0.1, -0.05) is 6.92 Å². The minimum atomic E-state index is -1.12. The van der Waals surface area contributed by atoms with Crippen LogP contribution in [0, 0.1) is 17.8 Å². The van der Waals surface area contributed by atoms with E-state index in [-0.39, 0.29) is 11.9 Å². The van der Waals surface area contributed by atoms with Crippen molar-refractivity contribution in [2.45, 2.75) is 32.3 Å². The van der Waals surface area contributed by atoms with Gasteiger partial charge in [-0.3, -0.25) is 4.79 Å². The monoisotopic (exact) mass is 197 g/mol. The fraction of sp³-hybridized carbons (Fsp3) is 0.800. The van der Waals surface area contributed by atoms with E-state index in [2.05, 4.69) is 0 Å². The van der Waals surface area contributed by atoms with E-state index in [1.54, 1.807) is 0 Å². The molecule has 0 aromatic heterocycles.